The van der Waals surface area contributed by atoms with Crippen LogP contribution in [0.15, 0.2) is 18.2 Å². The number of esters is 1. The molecular weight excluding hydrogens is 353 g/mol. The molecular formula is C16H17Cl2N3O3. The highest BCUT2D eigenvalue weighted by molar-refractivity contribution is 6.35. The Balaban J connectivity index is 2.08. The molecule has 0 bridgehead atoms. The van der Waals surface area contributed by atoms with Crippen LogP contribution in [0, 0.1) is 13.8 Å². The molecule has 0 aliphatic carbocycles. The van der Waals surface area contributed by atoms with Crippen molar-refractivity contribution in [2.45, 2.75) is 26.9 Å². The van der Waals surface area contributed by atoms with Gasteiger partial charge in [-0.3, -0.25) is 9.48 Å². The zero-order chi connectivity index (χ0) is 18.0. The van der Waals surface area contributed by atoms with Gasteiger partial charge in [0.25, 0.3) is 5.91 Å². The molecule has 1 heterocycles. The second-order valence-corrected chi connectivity index (χ2v) is 6.17. The average Bonchev–Trinajstić information content (AvgIpc) is 2.75. The lowest BCUT2D eigenvalue weighted by atomic mass is 10.2. The number of nitrogens with zero attached hydrogens (tertiary/aromatic N) is 2. The first-order valence-corrected chi connectivity index (χ1v) is 7.93. The molecule has 1 amide bonds. The van der Waals surface area contributed by atoms with E-state index in [1.807, 2.05) is 6.92 Å². The number of aryl methyl sites for hydroxylation is 2. The molecule has 0 fully saturated rings. The van der Waals surface area contributed by atoms with E-state index in [2.05, 4.69) is 10.4 Å². The van der Waals surface area contributed by atoms with E-state index in [0.717, 1.165) is 5.69 Å². The first-order chi connectivity index (χ1) is 11.2. The van der Waals surface area contributed by atoms with Gasteiger partial charge in [0, 0.05) is 12.1 Å². The molecule has 0 saturated heterocycles. The number of aromatic nitrogens is 2. The third kappa shape index (κ3) is 3.88. The van der Waals surface area contributed by atoms with Crippen molar-refractivity contribution in [2.24, 2.45) is 7.05 Å². The van der Waals surface area contributed by atoms with Crippen molar-refractivity contribution >= 4 is 40.8 Å². The highest BCUT2D eigenvalue weighted by Crippen LogP contribution is 2.22. The lowest BCUT2D eigenvalue weighted by molar-refractivity contribution is -0.123. The number of hydrogen-bond donors (Lipinski definition) is 1. The Labute approximate surface area is 149 Å². The summed E-state index contributed by atoms with van der Waals surface area (Å²) in [5.41, 5.74) is 2.20. The molecule has 8 heteroatoms. The van der Waals surface area contributed by atoms with E-state index >= 15 is 0 Å². The highest BCUT2D eigenvalue weighted by atomic mass is 35.5. The van der Waals surface area contributed by atoms with Crippen LogP contribution in [-0.2, 0) is 16.6 Å². The molecule has 128 valence electrons. The van der Waals surface area contributed by atoms with Crippen LogP contribution in [-0.4, -0.2) is 27.8 Å². The lowest BCUT2D eigenvalue weighted by Crippen LogP contribution is -2.30. The quantitative estimate of drug-likeness (QED) is 0.836. The normalized spacial score (nSPS) is 11.9. The number of halogens is 2. The maximum Gasteiger partial charge on any atom is 0.340 e. The lowest BCUT2D eigenvalue weighted by Gasteiger charge is -2.14. The molecule has 0 aliphatic rings. The van der Waals surface area contributed by atoms with Crippen LogP contribution in [0.2, 0.25) is 10.0 Å². The smallest absolute Gasteiger partial charge is 0.340 e. The number of amides is 1. The van der Waals surface area contributed by atoms with Crippen molar-refractivity contribution in [1.82, 2.24) is 9.78 Å². The molecule has 1 aromatic carbocycles. The summed E-state index contributed by atoms with van der Waals surface area (Å²) in [5.74, 6) is -1.18. The van der Waals surface area contributed by atoms with Crippen molar-refractivity contribution in [3.05, 3.63) is 45.2 Å². The number of rotatable bonds is 4. The minimum atomic E-state index is -1.01. The van der Waals surface area contributed by atoms with E-state index in [4.69, 9.17) is 27.9 Å². The van der Waals surface area contributed by atoms with Crippen molar-refractivity contribution in [3.8, 4) is 0 Å². The van der Waals surface area contributed by atoms with Gasteiger partial charge < -0.3 is 10.1 Å². The third-order valence-corrected chi connectivity index (χ3v) is 4.12. The Morgan fingerprint density at radius 1 is 1.29 bits per heavy atom. The van der Waals surface area contributed by atoms with Crippen LogP contribution >= 0.6 is 23.2 Å². The Morgan fingerprint density at radius 3 is 2.54 bits per heavy atom. The zero-order valence-corrected chi connectivity index (χ0v) is 15.2. The number of nitrogens with one attached hydrogen (secondary N) is 1. The van der Waals surface area contributed by atoms with E-state index < -0.39 is 18.0 Å². The number of hydrogen-bond acceptors (Lipinski definition) is 4. The Morgan fingerprint density at radius 2 is 1.96 bits per heavy atom. The third-order valence-electron chi connectivity index (χ3n) is 3.56. The van der Waals surface area contributed by atoms with Gasteiger partial charge in [0.15, 0.2) is 6.10 Å². The van der Waals surface area contributed by atoms with E-state index in [-0.39, 0.29) is 10.6 Å². The van der Waals surface area contributed by atoms with Gasteiger partial charge in [0.05, 0.1) is 27.7 Å². The van der Waals surface area contributed by atoms with Gasteiger partial charge in [-0.05, 0) is 39.0 Å². The Bertz CT molecular complexity index is 802. The van der Waals surface area contributed by atoms with Crippen LogP contribution in [0.1, 0.15) is 28.7 Å². The number of carbonyl (C=O) groups is 2. The van der Waals surface area contributed by atoms with E-state index in [1.54, 1.807) is 24.7 Å². The van der Waals surface area contributed by atoms with Gasteiger partial charge in [0.2, 0.25) is 0 Å². The second-order valence-electron chi connectivity index (χ2n) is 5.33. The predicted octanol–water partition coefficient (Wildman–Crippen LogP) is 3.53. The molecule has 1 aromatic heterocycles. The van der Waals surface area contributed by atoms with Gasteiger partial charge in [-0.1, -0.05) is 23.2 Å². The molecule has 0 spiro atoms. The van der Waals surface area contributed by atoms with Crippen LogP contribution in [0.25, 0.3) is 0 Å². The Kier molecular flexibility index (Phi) is 5.51. The minimum absolute atomic E-state index is 0.109. The van der Waals surface area contributed by atoms with Gasteiger partial charge >= 0.3 is 5.97 Å². The molecule has 2 aromatic rings. The maximum absolute atomic E-state index is 12.3. The van der Waals surface area contributed by atoms with Crippen LogP contribution in [0.4, 0.5) is 5.69 Å². The summed E-state index contributed by atoms with van der Waals surface area (Å²) in [4.78, 5) is 24.4. The molecule has 0 aliphatic heterocycles. The van der Waals surface area contributed by atoms with Gasteiger partial charge in [-0.15, -0.1) is 0 Å². The second kappa shape index (κ2) is 7.23. The molecule has 0 unspecified atom stereocenters. The fraction of sp³-hybridized carbons (Fsp3) is 0.312. The summed E-state index contributed by atoms with van der Waals surface area (Å²) < 4.78 is 6.83. The summed E-state index contributed by atoms with van der Waals surface area (Å²) in [6, 6.07) is 4.45. The van der Waals surface area contributed by atoms with Gasteiger partial charge in [-0.2, -0.15) is 5.10 Å². The predicted molar refractivity (Wildman–Crippen MR) is 92.7 cm³/mol. The van der Waals surface area contributed by atoms with E-state index in [9.17, 15) is 9.59 Å². The molecule has 0 radical (unpaired) electrons. The molecule has 24 heavy (non-hydrogen) atoms. The fourth-order valence-electron chi connectivity index (χ4n) is 2.11. The number of carbonyl (C=O) groups excluding carboxylic acids is 2. The summed E-state index contributed by atoms with van der Waals surface area (Å²) in [5, 5.41) is 7.49. The maximum atomic E-state index is 12.3. The van der Waals surface area contributed by atoms with Crippen molar-refractivity contribution in [1.29, 1.82) is 0 Å². The zero-order valence-electron chi connectivity index (χ0n) is 13.7. The Hall–Kier alpha value is -2.05. The van der Waals surface area contributed by atoms with Gasteiger partial charge in [-0.25, -0.2) is 4.79 Å². The summed E-state index contributed by atoms with van der Waals surface area (Å²) in [7, 11) is 1.78. The SMILES string of the molecule is Cc1nn(C)c(C)c1NC(=O)[C@H](C)OC(=O)c1cc(Cl)ccc1Cl. The number of benzene rings is 1. The highest BCUT2D eigenvalue weighted by Gasteiger charge is 2.22. The topological polar surface area (TPSA) is 73.2 Å². The molecule has 6 nitrogen and oxygen atoms in total. The summed E-state index contributed by atoms with van der Waals surface area (Å²) in [6.07, 6.45) is -1.01. The van der Waals surface area contributed by atoms with Crippen LogP contribution in [0.3, 0.4) is 0 Å². The number of ether oxygens (including phenoxy) is 1. The van der Waals surface area contributed by atoms with Gasteiger partial charge in [0.1, 0.15) is 0 Å². The van der Waals surface area contributed by atoms with Crippen molar-refractivity contribution in [3.63, 3.8) is 0 Å². The number of anilines is 1. The molecule has 0 saturated carbocycles. The monoisotopic (exact) mass is 369 g/mol. The fourth-order valence-corrected chi connectivity index (χ4v) is 2.48. The molecule has 1 N–H and O–H groups in total. The minimum Gasteiger partial charge on any atom is -0.449 e. The van der Waals surface area contributed by atoms with Crippen molar-refractivity contribution < 1.29 is 14.3 Å². The average molecular weight is 370 g/mol. The largest absolute Gasteiger partial charge is 0.449 e. The molecule has 1 atom stereocenters. The van der Waals surface area contributed by atoms with E-state index in [0.29, 0.717) is 16.4 Å². The van der Waals surface area contributed by atoms with Crippen LogP contribution in [0.5, 0.6) is 0 Å². The van der Waals surface area contributed by atoms with E-state index in [1.165, 1.54) is 19.1 Å². The summed E-state index contributed by atoms with van der Waals surface area (Å²) >= 11 is 11.8. The van der Waals surface area contributed by atoms with Crippen molar-refractivity contribution in [2.75, 3.05) is 5.32 Å². The first-order valence-electron chi connectivity index (χ1n) is 7.17. The molecule has 2 rings (SSSR count). The standard InChI is InChI=1S/C16H17Cl2N3O3/c1-8-14(9(2)21(4)20-8)19-15(22)10(3)24-16(23)12-7-11(17)5-6-13(12)18/h5-7,10H,1-4H3,(H,19,22)/t10-/m0/s1. The first kappa shape index (κ1) is 18.3. The summed E-state index contributed by atoms with van der Waals surface area (Å²) in [6.45, 7) is 5.09. The van der Waals surface area contributed by atoms with Crippen LogP contribution < -0.4 is 5.32 Å².